The molecule has 7 rings (SSSR count). The molecule has 0 atom stereocenters. The number of aromatic hydroxyl groups is 2. The molecule has 2 N–H and O–H groups in total. The van der Waals surface area contributed by atoms with E-state index in [2.05, 4.69) is 0 Å². The Morgan fingerprint density at radius 2 is 0.875 bits per heavy atom. The van der Waals surface area contributed by atoms with Crippen molar-refractivity contribution in [2.24, 2.45) is 0 Å². The summed E-state index contributed by atoms with van der Waals surface area (Å²) >= 11 is 12.3. The molecule has 0 radical (unpaired) electrons. The molecule has 10 heteroatoms. The fourth-order valence-corrected chi connectivity index (χ4v) is 7.02. The van der Waals surface area contributed by atoms with Crippen molar-refractivity contribution in [3.8, 4) is 11.5 Å². The number of carbonyl (C=O) groups excluding carboxylic acids is 2. The Hall–Kier alpha value is -6.22. The number of phenolic OH excluding ortho intramolecular Hbond substituents is 2. The molecule has 0 aliphatic carbocycles. The van der Waals surface area contributed by atoms with Gasteiger partial charge in [0.25, 0.3) is 0 Å². The van der Waals surface area contributed by atoms with Crippen LogP contribution in [0.5, 0.6) is 11.5 Å². The number of nitrogens with zero attached hydrogens (tertiary/aromatic N) is 2. The smallest absolute Gasteiger partial charge is 0.197 e. The maximum absolute atomic E-state index is 14.3. The summed E-state index contributed by atoms with van der Waals surface area (Å²) in [5.74, 6) is -0.613. The first-order chi connectivity index (χ1) is 26.8. The first-order valence-corrected chi connectivity index (χ1v) is 18.5. The van der Waals surface area contributed by atoms with Gasteiger partial charge in [-0.1, -0.05) is 59.6 Å². The van der Waals surface area contributed by atoms with Gasteiger partial charge in [0.05, 0.1) is 11.1 Å². The molecule has 0 spiro atoms. The number of ketones is 2. The van der Waals surface area contributed by atoms with Gasteiger partial charge in [-0.15, -0.1) is 0 Å². The van der Waals surface area contributed by atoms with Gasteiger partial charge in [-0.05, 0) is 86.6 Å². The molecule has 282 valence electrons. The summed E-state index contributed by atoms with van der Waals surface area (Å²) in [5, 5.41) is 26.4. The maximum atomic E-state index is 14.3. The van der Waals surface area contributed by atoms with E-state index in [0.717, 1.165) is 0 Å². The standard InChI is InChI=1S/C46H38Cl2N2O6/c1-25(49(3)4)39(45-41(31-11-7-9-13-37(31)55-45)43(53)27-15-19-29(47)20-16-27)33-23-36(52)34(24-35(33)51)40(26(2)50(5)6)46-42(32-12-8-10-14-38(32)56-46)44(54)28-17-21-30(48)22-18-28/h7-24,51-52H,1-6H3/b39-25+,40-26+. The first-order valence-electron chi connectivity index (χ1n) is 17.7. The highest BCUT2D eigenvalue weighted by atomic mass is 35.5. The summed E-state index contributed by atoms with van der Waals surface area (Å²) in [6, 6.07) is 30.6. The first kappa shape index (κ1) is 38.1. The molecule has 0 aliphatic heterocycles. The van der Waals surface area contributed by atoms with E-state index in [9.17, 15) is 19.8 Å². The molecule has 0 saturated heterocycles. The minimum atomic E-state index is -0.305. The van der Waals surface area contributed by atoms with E-state index in [-0.39, 0.29) is 45.7 Å². The third-order valence-corrected chi connectivity index (χ3v) is 10.5. The minimum Gasteiger partial charge on any atom is -0.507 e. The Labute approximate surface area is 334 Å². The predicted molar refractivity (Wildman–Crippen MR) is 223 cm³/mol. The zero-order chi connectivity index (χ0) is 40.0. The lowest BCUT2D eigenvalue weighted by molar-refractivity contribution is 0.103. The predicted octanol–water partition coefficient (Wildman–Crippen LogP) is 11.0. The minimum absolute atomic E-state index is 0.214. The van der Waals surface area contributed by atoms with E-state index in [1.165, 1.54) is 12.1 Å². The van der Waals surface area contributed by atoms with Gasteiger partial charge in [0.2, 0.25) is 0 Å². The summed E-state index contributed by atoms with van der Waals surface area (Å²) in [7, 11) is 7.36. The van der Waals surface area contributed by atoms with E-state index in [1.807, 2.05) is 88.2 Å². The van der Waals surface area contributed by atoms with Crippen LogP contribution in [0.25, 0.3) is 33.1 Å². The Bertz CT molecular complexity index is 2550. The molecular weight excluding hydrogens is 747 g/mol. The van der Waals surface area contributed by atoms with Crippen molar-refractivity contribution in [1.82, 2.24) is 9.80 Å². The van der Waals surface area contributed by atoms with Gasteiger partial charge in [-0.25, -0.2) is 0 Å². The SMILES string of the molecule is C/C(=C(/c1cc(O)c(/C(=C(/C)N(C)C)c2oc3ccccc3c2C(=O)c2ccc(Cl)cc2)cc1O)c1oc2ccccc2c1C(=O)c1ccc(Cl)cc1)N(C)C. The van der Waals surface area contributed by atoms with Crippen molar-refractivity contribution >= 4 is 67.9 Å². The van der Waals surface area contributed by atoms with Crippen molar-refractivity contribution in [1.29, 1.82) is 0 Å². The number of phenols is 2. The topological polar surface area (TPSA) is 107 Å². The van der Waals surface area contributed by atoms with Crippen molar-refractivity contribution in [3.63, 3.8) is 0 Å². The Balaban J connectivity index is 1.47. The number of furan rings is 2. The van der Waals surface area contributed by atoms with Crippen LogP contribution in [0.4, 0.5) is 0 Å². The Kier molecular flexibility index (Phi) is 10.3. The molecule has 8 nitrogen and oxygen atoms in total. The van der Waals surface area contributed by atoms with Gasteiger partial charge in [0.1, 0.15) is 34.2 Å². The van der Waals surface area contributed by atoms with Crippen molar-refractivity contribution in [2.45, 2.75) is 13.8 Å². The lowest BCUT2D eigenvalue weighted by Crippen LogP contribution is -2.14. The van der Waals surface area contributed by atoms with Crippen molar-refractivity contribution < 1.29 is 28.6 Å². The summed E-state index contributed by atoms with van der Waals surface area (Å²) in [6.07, 6.45) is 0. The lowest BCUT2D eigenvalue weighted by atomic mass is 9.89. The second-order valence-corrected chi connectivity index (χ2v) is 14.7. The number of fused-ring (bicyclic) bond motifs is 2. The molecular formula is C46H38Cl2N2O6. The molecule has 0 unspecified atom stereocenters. The molecule has 2 heterocycles. The number of rotatable bonds is 10. The molecule has 0 amide bonds. The zero-order valence-electron chi connectivity index (χ0n) is 31.6. The largest absolute Gasteiger partial charge is 0.507 e. The average Bonchev–Trinajstić information content (AvgIpc) is 3.75. The number of hydrogen-bond donors (Lipinski definition) is 2. The van der Waals surface area contributed by atoms with E-state index in [4.69, 9.17) is 32.0 Å². The highest BCUT2D eigenvalue weighted by molar-refractivity contribution is 6.31. The quantitative estimate of drug-likeness (QED) is 0.104. The van der Waals surface area contributed by atoms with E-state index < -0.39 is 0 Å². The summed E-state index contributed by atoms with van der Waals surface area (Å²) < 4.78 is 13.0. The van der Waals surface area contributed by atoms with Gasteiger partial charge < -0.3 is 28.8 Å². The fourth-order valence-electron chi connectivity index (χ4n) is 6.77. The summed E-state index contributed by atoms with van der Waals surface area (Å²) in [6.45, 7) is 3.68. The number of para-hydroxylation sites is 2. The van der Waals surface area contributed by atoms with Crippen molar-refractivity contribution in [2.75, 3.05) is 28.2 Å². The monoisotopic (exact) mass is 784 g/mol. The van der Waals surface area contributed by atoms with Crippen LogP contribution in [0.2, 0.25) is 10.0 Å². The normalized spacial score (nSPS) is 12.4. The highest BCUT2D eigenvalue weighted by Crippen LogP contribution is 2.46. The number of benzene rings is 5. The molecule has 0 saturated carbocycles. The van der Waals surface area contributed by atoms with E-state index in [1.54, 1.807) is 60.7 Å². The van der Waals surface area contributed by atoms with Crippen LogP contribution in [-0.2, 0) is 0 Å². The van der Waals surface area contributed by atoms with Crippen LogP contribution >= 0.6 is 23.2 Å². The van der Waals surface area contributed by atoms with Gasteiger partial charge in [0.15, 0.2) is 11.6 Å². The number of halogens is 2. The number of carbonyl (C=O) groups is 2. The van der Waals surface area contributed by atoms with Gasteiger partial charge in [0, 0.05) is 93.8 Å². The van der Waals surface area contributed by atoms with Gasteiger partial charge >= 0.3 is 0 Å². The number of hydrogen-bond acceptors (Lipinski definition) is 8. The molecule has 7 aromatic rings. The maximum Gasteiger partial charge on any atom is 0.197 e. The summed E-state index contributed by atoms with van der Waals surface area (Å²) in [5.41, 5.74) is 4.81. The second kappa shape index (κ2) is 15.1. The molecule has 2 aromatic heterocycles. The zero-order valence-corrected chi connectivity index (χ0v) is 33.1. The third-order valence-electron chi connectivity index (χ3n) is 10.0. The molecule has 5 aromatic carbocycles. The lowest BCUT2D eigenvalue weighted by Gasteiger charge is -2.22. The second-order valence-electron chi connectivity index (χ2n) is 13.9. The van der Waals surface area contributed by atoms with Crippen LogP contribution in [0.15, 0.2) is 129 Å². The van der Waals surface area contributed by atoms with Gasteiger partial charge in [-0.2, -0.15) is 0 Å². The molecule has 0 fully saturated rings. The van der Waals surface area contributed by atoms with Crippen LogP contribution < -0.4 is 0 Å². The fraction of sp³-hybridized carbons (Fsp3) is 0.130. The molecule has 0 bridgehead atoms. The Morgan fingerprint density at radius 1 is 0.536 bits per heavy atom. The molecule has 56 heavy (non-hydrogen) atoms. The average molecular weight is 786 g/mol. The van der Waals surface area contributed by atoms with Gasteiger partial charge in [-0.3, -0.25) is 9.59 Å². The van der Waals surface area contributed by atoms with Crippen LogP contribution in [0.1, 0.15) is 68.3 Å². The van der Waals surface area contributed by atoms with Crippen molar-refractivity contribution in [3.05, 3.63) is 176 Å². The van der Waals surface area contributed by atoms with Crippen LogP contribution in [0, 0.1) is 0 Å². The Morgan fingerprint density at radius 3 is 1.21 bits per heavy atom. The highest BCUT2D eigenvalue weighted by Gasteiger charge is 2.32. The third kappa shape index (κ3) is 6.82. The van der Waals surface area contributed by atoms with Crippen LogP contribution in [0.3, 0.4) is 0 Å². The van der Waals surface area contributed by atoms with E-state index >= 15 is 0 Å². The van der Waals surface area contributed by atoms with Crippen LogP contribution in [-0.4, -0.2) is 59.8 Å². The molecule has 0 aliphatic rings. The summed E-state index contributed by atoms with van der Waals surface area (Å²) in [4.78, 5) is 32.4. The van der Waals surface area contributed by atoms with E-state index in [0.29, 0.717) is 76.8 Å². The number of allylic oxidation sites excluding steroid dienone is 2.